The van der Waals surface area contributed by atoms with Crippen molar-refractivity contribution in [3.8, 4) is 0 Å². The number of carbonyl (C=O) groups excluding carboxylic acids is 1. The van der Waals surface area contributed by atoms with Crippen LogP contribution in [-0.4, -0.2) is 28.1 Å². The summed E-state index contributed by atoms with van der Waals surface area (Å²) in [6.07, 6.45) is 6.49. The average Bonchev–Trinajstić information content (AvgIpc) is 2.33. The van der Waals surface area contributed by atoms with E-state index in [-0.39, 0.29) is 11.9 Å². The molecule has 1 saturated carbocycles. The molecule has 0 saturated heterocycles. The Kier molecular flexibility index (Phi) is 3.51. The molecular weight excluding hydrogens is 204 g/mol. The minimum absolute atomic E-state index is 0.110. The van der Waals surface area contributed by atoms with Crippen molar-refractivity contribution in [3.05, 3.63) is 30.1 Å². The van der Waals surface area contributed by atoms with Gasteiger partial charge in [0.1, 0.15) is 0 Å². The van der Waals surface area contributed by atoms with E-state index in [2.05, 4.69) is 10.3 Å². The first-order valence-corrected chi connectivity index (χ1v) is 5.66. The molecule has 2 N–H and O–H groups in total. The Morgan fingerprint density at radius 2 is 2.25 bits per heavy atom. The minimum atomic E-state index is -0.408. The normalized spacial score (nSPS) is 25.1. The molecule has 4 nitrogen and oxygen atoms in total. The zero-order chi connectivity index (χ0) is 11.4. The van der Waals surface area contributed by atoms with Gasteiger partial charge in [0.25, 0.3) is 5.91 Å². The molecule has 1 aliphatic rings. The first-order valence-electron chi connectivity index (χ1n) is 5.66. The SMILES string of the molecule is O=C(NC1CCCCC1O)c1cccnc1. The van der Waals surface area contributed by atoms with Crippen molar-refractivity contribution >= 4 is 5.91 Å². The molecule has 0 radical (unpaired) electrons. The lowest BCUT2D eigenvalue weighted by Crippen LogP contribution is -2.45. The first-order chi connectivity index (χ1) is 7.77. The second-order valence-corrected chi connectivity index (χ2v) is 4.17. The molecule has 4 heteroatoms. The van der Waals surface area contributed by atoms with Crippen LogP contribution in [0.2, 0.25) is 0 Å². The summed E-state index contributed by atoms with van der Waals surface area (Å²) < 4.78 is 0. The van der Waals surface area contributed by atoms with Gasteiger partial charge in [0.05, 0.1) is 17.7 Å². The Hall–Kier alpha value is -1.42. The maximum Gasteiger partial charge on any atom is 0.253 e. The molecule has 1 amide bonds. The standard InChI is InChI=1S/C12H16N2O2/c15-11-6-2-1-5-10(11)14-12(16)9-4-3-7-13-8-9/h3-4,7-8,10-11,15H,1-2,5-6H2,(H,14,16). The lowest BCUT2D eigenvalue weighted by Gasteiger charge is -2.28. The van der Waals surface area contributed by atoms with Crippen LogP contribution < -0.4 is 5.32 Å². The Bertz CT molecular complexity index is 353. The highest BCUT2D eigenvalue weighted by molar-refractivity contribution is 5.94. The van der Waals surface area contributed by atoms with Gasteiger partial charge in [0, 0.05) is 12.4 Å². The molecule has 1 heterocycles. The van der Waals surface area contributed by atoms with E-state index in [4.69, 9.17) is 0 Å². The van der Waals surface area contributed by atoms with Gasteiger partial charge < -0.3 is 10.4 Å². The molecule has 2 unspecified atom stereocenters. The Morgan fingerprint density at radius 1 is 1.44 bits per heavy atom. The van der Waals surface area contributed by atoms with Gasteiger partial charge in [-0.2, -0.15) is 0 Å². The van der Waals surface area contributed by atoms with Gasteiger partial charge in [-0.15, -0.1) is 0 Å². The number of amides is 1. The summed E-state index contributed by atoms with van der Waals surface area (Å²) in [5, 5.41) is 12.6. The topological polar surface area (TPSA) is 62.2 Å². The molecule has 16 heavy (non-hydrogen) atoms. The number of pyridine rings is 1. The van der Waals surface area contributed by atoms with Crippen LogP contribution in [0.4, 0.5) is 0 Å². The van der Waals surface area contributed by atoms with Crippen LogP contribution in [0.15, 0.2) is 24.5 Å². The van der Waals surface area contributed by atoms with Gasteiger partial charge in [-0.05, 0) is 25.0 Å². The Labute approximate surface area is 94.7 Å². The van der Waals surface area contributed by atoms with Crippen LogP contribution >= 0.6 is 0 Å². The smallest absolute Gasteiger partial charge is 0.253 e. The van der Waals surface area contributed by atoms with E-state index in [0.29, 0.717) is 5.56 Å². The van der Waals surface area contributed by atoms with Crippen LogP contribution in [0.5, 0.6) is 0 Å². The number of hydrogen-bond donors (Lipinski definition) is 2. The van der Waals surface area contributed by atoms with Crippen molar-refractivity contribution < 1.29 is 9.90 Å². The van der Waals surface area contributed by atoms with Crippen molar-refractivity contribution in [2.24, 2.45) is 0 Å². The number of carbonyl (C=O) groups is 1. The summed E-state index contributed by atoms with van der Waals surface area (Å²) >= 11 is 0. The van der Waals surface area contributed by atoms with Gasteiger partial charge in [-0.25, -0.2) is 0 Å². The predicted octanol–water partition coefficient (Wildman–Crippen LogP) is 1.11. The highest BCUT2D eigenvalue weighted by atomic mass is 16.3. The largest absolute Gasteiger partial charge is 0.391 e. The van der Waals surface area contributed by atoms with Gasteiger partial charge in [-0.1, -0.05) is 12.8 Å². The molecular formula is C12H16N2O2. The third kappa shape index (κ3) is 2.58. The summed E-state index contributed by atoms with van der Waals surface area (Å²) in [6.45, 7) is 0. The number of nitrogens with one attached hydrogen (secondary N) is 1. The second kappa shape index (κ2) is 5.07. The number of aliphatic hydroxyl groups excluding tert-OH is 1. The van der Waals surface area contributed by atoms with Crippen LogP contribution in [0.25, 0.3) is 0 Å². The molecule has 1 fully saturated rings. The zero-order valence-electron chi connectivity index (χ0n) is 9.10. The first kappa shape index (κ1) is 11.1. The molecule has 1 aromatic heterocycles. The Morgan fingerprint density at radius 3 is 2.94 bits per heavy atom. The molecule has 0 aliphatic heterocycles. The van der Waals surface area contributed by atoms with Crippen molar-refractivity contribution in [2.75, 3.05) is 0 Å². The highest BCUT2D eigenvalue weighted by Crippen LogP contribution is 2.18. The molecule has 2 atom stereocenters. The van der Waals surface area contributed by atoms with E-state index in [1.54, 1.807) is 18.3 Å². The molecule has 86 valence electrons. The number of rotatable bonds is 2. The summed E-state index contributed by atoms with van der Waals surface area (Å²) in [6, 6.07) is 3.34. The summed E-state index contributed by atoms with van der Waals surface area (Å²) in [5.74, 6) is -0.154. The van der Waals surface area contributed by atoms with Crippen LogP contribution in [-0.2, 0) is 0 Å². The Balaban J connectivity index is 1.96. The maximum absolute atomic E-state index is 11.8. The lowest BCUT2D eigenvalue weighted by molar-refractivity contribution is 0.0717. The van der Waals surface area contributed by atoms with E-state index in [0.717, 1.165) is 25.7 Å². The summed E-state index contributed by atoms with van der Waals surface area (Å²) in [7, 11) is 0. The predicted molar refractivity (Wildman–Crippen MR) is 60.0 cm³/mol. The van der Waals surface area contributed by atoms with Crippen LogP contribution in [0.3, 0.4) is 0 Å². The molecule has 1 aromatic rings. The average molecular weight is 220 g/mol. The quantitative estimate of drug-likeness (QED) is 0.785. The summed E-state index contributed by atoms with van der Waals surface area (Å²) in [4.78, 5) is 15.7. The fraction of sp³-hybridized carbons (Fsp3) is 0.500. The van der Waals surface area contributed by atoms with Crippen molar-refractivity contribution in [2.45, 2.75) is 37.8 Å². The van der Waals surface area contributed by atoms with E-state index in [1.165, 1.54) is 6.20 Å². The van der Waals surface area contributed by atoms with E-state index in [1.807, 2.05) is 0 Å². The molecule has 2 rings (SSSR count). The van der Waals surface area contributed by atoms with Crippen molar-refractivity contribution in [1.82, 2.24) is 10.3 Å². The third-order valence-corrected chi connectivity index (χ3v) is 2.97. The molecule has 0 spiro atoms. The zero-order valence-corrected chi connectivity index (χ0v) is 9.10. The molecule has 1 aliphatic carbocycles. The van der Waals surface area contributed by atoms with Crippen molar-refractivity contribution in [1.29, 1.82) is 0 Å². The lowest BCUT2D eigenvalue weighted by atomic mass is 9.92. The van der Waals surface area contributed by atoms with Gasteiger partial charge in [0.15, 0.2) is 0 Å². The van der Waals surface area contributed by atoms with Crippen molar-refractivity contribution in [3.63, 3.8) is 0 Å². The van der Waals surface area contributed by atoms with E-state index in [9.17, 15) is 9.90 Å². The number of aliphatic hydroxyl groups is 1. The number of nitrogens with zero attached hydrogens (tertiary/aromatic N) is 1. The monoisotopic (exact) mass is 220 g/mol. The highest BCUT2D eigenvalue weighted by Gasteiger charge is 2.24. The van der Waals surface area contributed by atoms with Gasteiger partial charge >= 0.3 is 0 Å². The van der Waals surface area contributed by atoms with E-state index >= 15 is 0 Å². The van der Waals surface area contributed by atoms with Crippen LogP contribution in [0.1, 0.15) is 36.0 Å². The van der Waals surface area contributed by atoms with Gasteiger partial charge in [-0.3, -0.25) is 9.78 Å². The molecule has 0 aromatic carbocycles. The second-order valence-electron chi connectivity index (χ2n) is 4.17. The third-order valence-electron chi connectivity index (χ3n) is 2.97. The fourth-order valence-corrected chi connectivity index (χ4v) is 2.03. The maximum atomic E-state index is 11.8. The van der Waals surface area contributed by atoms with E-state index < -0.39 is 6.10 Å². The molecule has 0 bridgehead atoms. The van der Waals surface area contributed by atoms with Crippen LogP contribution in [0, 0.1) is 0 Å². The van der Waals surface area contributed by atoms with Gasteiger partial charge in [0.2, 0.25) is 0 Å². The number of aromatic nitrogens is 1. The summed E-state index contributed by atoms with van der Waals surface area (Å²) in [5.41, 5.74) is 0.542. The number of hydrogen-bond acceptors (Lipinski definition) is 3. The minimum Gasteiger partial charge on any atom is -0.391 e. The fourth-order valence-electron chi connectivity index (χ4n) is 2.03.